The Morgan fingerprint density at radius 1 is 1.00 bits per heavy atom. The van der Waals surface area contributed by atoms with Crippen LogP contribution in [0.3, 0.4) is 0 Å². The molecule has 2 atom stereocenters. The number of hydrogen-bond donors (Lipinski definition) is 0. The molecule has 0 amide bonds. The number of aromatic nitrogens is 4. The van der Waals surface area contributed by atoms with Crippen LogP contribution in [-0.2, 0) is 11.2 Å². The van der Waals surface area contributed by atoms with Crippen molar-refractivity contribution >= 4 is 22.2 Å². The zero-order valence-corrected chi connectivity index (χ0v) is 16.7. The fraction of sp³-hybridized carbons (Fsp3) is 0.143. The summed E-state index contributed by atoms with van der Waals surface area (Å²) in [5, 5.41) is 0.344. The van der Waals surface area contributed by atoms with E-state index in [4.69, 9.17) is 0 Å². The molecule has 0 saturated carbocycles. The smallest absolute Gasteiger partial charge is 0.337 e. The van der Waals surface area contributed by atoms with Gasteiger partial charge in [0.15, 0.2) is 10.5 Å². The van der Waals surface area contributed by atoms with Gasteiger partial charge in [0.25, 0.3) is 5.56 Å². The average Bonchev–Trinajstić information content (AvgIpc) is 2.75. The van der Waals surface area contributed by atoms with Crippen LogP contribution in [0.2, 0.25) is 0 Å². The summed E-state index contributed by atoms with van der Waals surface area (Å²) in [4.78, 5) is 35.5. The van der Waals surface area contributed by atoms with Gasteiger partial charge in [0, 0.05) is 18.6 Å². The Morgan fingerprint density at radius 3 is 2.34 bits per heavy atom. The lowest BCUT2D eigenvalue weighted by atomic mass is 10.1. The van der Waals surface area contributed by atoms with Crippen molar-refractivity contribution in [2.45, 2.75) is 17.9 Å². The summed E-state index contributed by atoms with van der Waals surface area (Å²) in [6, 6.07) is 13.2. The number of benzene rings is 1. The molecule has 146 valence electrons. The lowest BCUT2D eigenvalue weighted by molar-refractivity contribution is 0.571. The van der Waals surface area contributed by atoms with Crippen molar-refractivity contribution in [2.75, 3.05) is 6.26 Å². The predicted molar refractivity (Wildman–Crippen MR) is 112 cm³/mol. The fourth-order valence-corrected chi connectivity index (χ4v) is 3.83. The number of fused-ring (bicyclic) bond motifs is 1. The first-order chi connectivity index (χ1) is 14.0. The quantitative estimate of drug-likeness (QED) is 0.485. The van der Waals surface area contributed by atoms with Crippen molar-refractivity contribution in [3.63, 3.8) is 0 Å². The second-order valence-electron chi connectivity index (χ2n) is 6.57. The molecule has 8 heteroatoms. The molecule has 4 aromatic rings. The molecular weight excluding hydrogens is 388 g/mol. The highest BCUT2D eigenvalue weighted by Crippen LogP contribution is 2.18. The van der Waals surface area contributed by atoms with E-state index in [-0.39, 0.29) is 5.65 Å². The summed E-state index contributed by atoms with van der Waals surface area (Å²) >= 11 is -1.13. The number of pyridine rings is 2. The van der Waals surface area contributed by atoms with Crippen LogP contribution in [-0.4, -0.2) is 29.9 Å². The maximum absolute atomic E-state index is 13.4. The van der Waals surface area contributed by atoms with Crippen molar-refractivity contribution in [2.24, 2.45) is 0 Å². The molecule has 2 unspecified atom stereocenters. The van der Waals surface area contributed by atoms with Crippen LogP contribution < -0.4 is 11.2 Å². The Hall–Kier alpha value is -3.23. The van der Waals surface area contributed by atoms with Gasteiger partial charge in [-0.25, -0.2) is 14.3 Å². The largest absolute Gasteiger partial charge is 0.612 e. The highest BCUT2D eigenvalue weighted by Gasteiger charge is 2.20. The van der Waals surface area contributed by atoms with E-state index in [9.17, 15) is 14.1 Å². The Morgan fingerprint density at radius 2 is 1.69 bits per heavy atom. The fourth-order valence-electron chi connectivity index (χ4n) is 3.31. The first-order valence-corrected chi connectivity index (χ1v) is 10.5. The van der Waals surface area contributed by atoms with E-state index in [0.29, 0.717) is 16.0 Å². The molecule has 0 radical (unpaired) electrons. The summed E-state index contributed by atoms with van der Waals surface area (Å²) in [6.45, 7) is 1.80. The van der Waals surface area contributed by atoms with Crippen LogP contribution >= 0.6 is 0 Å². The first-order valence-electron chi connectivity index (χ1n) is 8.95. The highest BCUT2D eigenvalue weighted by molar-refractivity contribution is 7.90. The third-order valence-corrected chi connectivity index (χ3v) is 5.78. The summed E-state index contributed by atoms with van der Waals surface area (Å²) in [5.74, 6) is 0. The van der Waals surface area contributed by atoms with E-state index in [0.717, 1.165) is 5.56 Å². The topological polar surface area (TPSA) is 92.8 Å². The van der Waals surface area contributed by atoms with E-state index in [1.54, 1.807) is 80.3 Å². The maximum atomic E-state index is 13.4. The highest BCUT2D eigenvalue weighted by atomic mass is 32.2. The second-order valence-corrected chi connectivity index (χ2v) is 7.95. The minimum atomic E-state index is -1.13. The molecule has 0 spiro atoms. The molecule has 29 heavy (non-hydrogen) atoms. The van der Waals surface area contributed by atoms with Gasteiger partial charge in [-0.1, -0.05) is 0 Å². The minimum Gasteiger partial charge on any atom is -0.612 e. The molecule has 0 fully saturated rings. The van der Waals surface area contributed by atoms with Crippen LogP contribution in [0.4, 0.5) is 0 Å². The maximum Gasteiger partial charge on any atom is 0.337 e. The van der Waals surface area contributed by atoms with Gasteiger partial charge in [-0.3, -0.25) is 14.3 Å². The number of rotatable bonds is 4. The Kier molecular flexibility index (Phi) is 5.04. The van der Waals surface area contributed by atoms with Gasteiger partial charge in [0.1, 0.15) is 6.26 Å². The van der Waals surface area contributed by atoms with Crippen LogP contribution in [0.5, 0.6) is 0 Å². The monoisotopic (exact) mass is 406 g/mol. The normalized spacial score (nSPS) is 13.3. The SMILES string of the molecule is CC(c1ccncc1)n1c(=O)c2cccnc2n(-c2ccc([S+](C)[O-])cc2)c1=O. The number of hydrogen-bond acceptors (Lipinski definition) is 5. The van der Waals surface area contributed by atoms with E-state index in [1.165, 1.54) is 9.13 Å². The van der Waals surface area contributed by atoms with Crippen molar-refractivity contribution in [3.8, 4) is 5.69 Å². The van der Waals surface area contributed by atoms with Crippen LogP contribution in [0.15, 0.2) is 81.6 Å². The minimum absolute atomic E-state index is 0.283. The molecule has 0 saturated heterocycles. The zero-order valence-electron chi connectivity index (χ0n) is 15.9. The van der Waals surface area contributed by atoms with Gasteiger partial charge in [0.2, 0.25) is 0 Å². The third-order valence-electron chi connectivity index (χ3n) is 4.85. The molecule has 0 aliphatic rings. The van der Waals surface area contributed by atoms with Crippen LogP contribution in [0, 0.1) is 0 Å². The van der Waals surface area contributed by atoms with Gasteiger partial charge in [-0.05, 0) is 72.2 Å². The lowest BCUT2D eigenvalue weighted by Gasteiger charge is -2.18. The molecule has 0 aliphatic heterocycles. The summed E-state index contributed by atoms with van der Waals surface area (Å²) in [5.41, 5.74) is 0.737. The molecule has 3 aromatic heterocycles. The molecular formula is C21H18N4O3S. The molecule has 3 heterocycles. The molecule has 0 aliphatic carbocycles. The predicted octanol–water partition coefficient (Wildman–Crippen LogP) is 2.29. The third kappa shape index (κ3) is 3.37. The van der Waals surface area contributed by atoms with Crippen molar-refractivity contribution in [1.82, 2.24) is 19.1 Å². The molecule has 7 nitrogen and oxygen atoms in total. The lowest BCUT2D eigenvalue weighted by Crippen LogP contribution is -2.41. The van der Waals surface area contributed by atoms with Crippen molar-refractivity contribution in [1.29, 1.82) is 0 Å². The van der Waals surface area contributed by atoms with Gasteiger partial charge in [0.05, 0.1) is 17.1 Å². The summed E-state index contributed by atoms with van der Waals surface area (Å²) in [7, 11) is 0. The molecule has 0 bridgehead atoms. The second kappa shape index (κ2) is 7.65. The van der Waals surface area contributed by atoms with Gasteiger partial charge < -0.3 is 4.55 Å². The van der Waals surface area contributed by atoms with Gasteiger partial charge >= 0.3 is 5.69 Å². The van der Waals surface area contributed by atoms with E-state index in [1.807, 2.05) is 0 Å². The van der Waals surface area contributed by atoms with Crippen molar-refractivity contribution < 1.29 is 4.55 Å². The van der Waals surface area contributed by atoms with Gasteiger partial charge in [-0.15, -0.1) is 0 Å². The van der Waals surface area contributed by atoms with Crippen LogP contribution in [0.1, 0.15) is 18.5 Å². The Labute approximate surface area is 169 Å². The summed E-state index contributed by atoms with van der Waals surface area (Å²) in [6.07, 6.45) is 6.39. The van der Waals surface area contributed by atoms with Crippen molar-refractivity contribution in [3.05, 3.63) is 93.5 Å². The number of nitrogens with zero attached hydrogens (tertiary/aromatic N) is 4. The molecule has 4 rings (SSSR count). The van der Waals surface area contributed by atoms with Crippen LogP contribution in [0.25, 0.3) is 16.7 Å². The van der Waals surface area contributed by atoms with E-state index < -0.39 is 28.5 Å². The molecule has 0 N–H and O–H groups in total. The Bertz CT molecular complexity index is 1280. The molecule has 1 aromatic carbocycles. The Balaban J connectivity index is 2.02. The van der Waals surface area contributed by atoms with Gasteiger partial charge in [-0.2, -0.15) is 0 Å². The standard InChI is InChI=1S/C21H18N4O3S/c1-14(15-9-12-22-13-10-15)24-20(26)18-4-3-11-23-19(18)25(21(24)27)16-5-7-17(8-6-16)29(2)28/h3-14H,1-2H3. The first kappa shape index (κ1) is 19.1. The van der Waals surface area contributed by atoms with E-state index in [2.05, 4.69) is 9.97 Å². The summed E-state index contributed by atoms with van der Waals surface area (Å²) < 4.78 is 14.3. The zero-order chi connectivity index (χ0) is 20.5. The average molecular weight is 406 g/mol. The van der Waals surface area contributed by atoms with E-state index >= 15 is 0 Å².